The Morgan fingerprint density at radius 2 is 1.90 bits per heavy atom. The first-order chi connectivity index (χ1) is 15.1. The average molecular weight is 438 g/mol. The van der Waals surface area contributed by atoms with Crippen LogP contribution in [0, 0.1) is 5.82 Å². The summed E-state index contributed by atoms with van der Waals surface area (Å²) in [6, 6.07) is 16.2. The molecule has 0 unspecified atom stereocenters. The number of ether oxygens (including phenoxy) is 2. The zero-order chi connectivity index (χ0) is 21.6. The molecule has 0 atom stereocenters. The Morgan fingerprint density at radius 3 is 2.58 bits per heavy atom. The molecule has 1 aliphatic rings. The molecular formula is C25H24FNO3S. The van der Waals surface area contributed by atoms with Gasteiger partial charge >= 0.3 is 0 Å². The molecule has 160 valence electrons. The molecule has 2 aromatic carbocycles. The van der Waals surface area contributed by atoms with E-state index in [-0.39, 0.29) is 11.7 Å². The second-order valence-electron chi connectivity index (χ2n) is 7.45. The predicted octanol–water partition coefficient (Wildman–Crippen LogP) is 5.68. The van der Waals surface area contributed by atoms with Gasteiger partial charge in [-0.15, -0.1) is 11.3 Å². The number of hydrogen-bond acceptors (Lipinski definition) is 4. The van der Waals surface area contributed by atoms with Crippen molar-refractivity contribution in [3.8, 4) is 11.5 Å². The van der Waals surface area contributed by atoms with Crippen molar-refractivity contribution in [2.24, 2.45) is 0 Å². The van der Waals surface area contributed by atoms with Crippen LogP contribution in [0.4, 0.5) is 4.39 Å². The highest BCUT2D eigenvalue weighted by molar-refractivity contribution is 7.10. The summed E-state index contributed by atoms with van der Waals surface area (Å²) in [7, 11) is 1.59. The normalized spacial score (nSPS) is 13.4. The van der Waals surface area contributed by atoms with E-state index in [4.69, 9.17) is 9.47 Å². The number of carbonyl (C=O) groups excluding carboxylic acids is 1. The summed E-state index contributed by atoms with van der Waals surface area (Å²) in [6.07, 6.45) is 5.60. The second-order valence-corrected chi connectivity index (χ2v) is 8.43. The minimum absolute atomic E-state index is 0.0199. The van der Waals surface area contributed by atoms with Gasteiger partial charge in [0.2, 0.25) is 5.91 Å². The molecule has 1 aliphatic carbocycles. The van der Waals surface area contributed by atoms with Crippen molar-refractivity contribution < 1.29 is 18.7 Å². The summed E-state index contributed by atoms with van der Waals surface area (Å²) in [4.78, 5) is 15.8. The number of nitrogens with zero attached hydrogens (tertiary/aromatic N) is 1. The molecule has 0 spiro atoms. The molecule has 1 saturated carbocycles. The lowest BCUT2D eigenvalue weighted by molar-refractivity contribution is -0.127. The molecule has 0 bridgehead atoms. The van der Waals surface area contributed by atoms with Crippen LogP contribution in [0.2, 0.25) is 0 Å². The van der Waals surface area contributed by atoms with Gasteiger partial charge in [0.15, 0.2) is 11.5 Å². The molecule has 1 heterocycles. The van der Waals surface area contributed by atoms with Gasteiger partial charge in [0, 0.05) is 23.5 Å². The second kappa shape index (κ2) is 9.79. The third-order valence-electron chi connectivity index (χ3n) is 5.09. The Morgan fingerprint density at radius 1 is 1.13 bits per heavy atom. The number of amides is 1. The predicted molar refractivity (Wildman–Crippen MR) is 121 cm³/mol. The number of benzene rings is 2. The number of hydrogen-bond donors (Lipinski definition) is 0. The molecular weight excluding hydrogens is 413 g/mol. The highest BCUT2D eigenvalue weighted by Crippen LogP contribution is 2.32. The minimum Gasteiger partial charge on any atom is -0.493 e. The van der Waals surface area contributed by atoms with Gasteiger partial charge < -0.3 is 14.4 Å². The molecule has 0 aliphatic heterocycles. The van der Waals surface area contributed by atoms with E-state index in [0.29, 0.717) is 30.7 Å². The Bertz CT molecular complexity index is 1040. The third kappa shape index (κ3) is 5.73. The van der Waals surface area contributed by atoms with Crippen molar-refractivity contribution in [2.45, 2.75) is 32.0 Å². The van der Waals surface area contributed by atoms with Gasteiger partial charge in [-0.1, -0.05) is 24.3 Å². The van der Waals surface area contributed by atoms with Crippen LogP contribution in [0.25, 0.3) is 6.08 Å². The summed E-state index contributed by atoms with van der Waals surface area (Å²) < 4.78 is 24.4. The zero-order valence-corrected chi connectivity index (χ0v) is 18.1. The Labute approximate surface area is 185 Å². The molecule has 0 radical (unpaired) electrons. The minimum atomic E-state index is -0.273. The van der Waals surface area contributed by atoms with Gasteiger partial charge in [-0.05, 0) is 65.8 Å². The summed E-state index contributed by atoms with van der Waals surface area (Å²) in [5, 5.41) is 1.99. The largest absolute Gasteiger partial charge is 0.493 e. The quantitative estimate of drug-likeness (QED) is 0.404. The van der Waals surface area contributed by atoms with E-state index in [1.807, 2.05) is 46.7 Å². The van der Waals surface area contributed by atoms with Crippen molar-refractivity contribution in [2.75, 3.05) is 7.11 Å². The molecule has 0 saturated heterocycles. The summed E-state index contributed by atoms with van der Waals surface area (Å²) in [5.74, 6) is 0.964. The standard InChI is InChI=1S/C25H24FNO3S/c1-29-24-15-19(6-12-23(24)30-17-18-4-7-20(26)8-5-18)16-27(21-9-10-21)25(28)13-11-22-3-2-14-31-22/h2-8,11-15,21H,9-10,16-17H2,1H3. The molecule has 6 heteroatoms. The molecule has 1 aromatic heterocycles. The number of methoxy groups -OCH3 is 1. The van der Waals surface area contributed by atoms with E-state index in [1.54, 1.807) is 36.7 Å². The third-order valence-corrected chi connectivity index (χ3v) is 5.93. The molecule has 4 nitrogen and oxygen atoms in total. The maximum atomic E-state index is 13.1. The first-order valence-corrected chi connectivity index (χ1v) is 11.1. The monoisotopic (exact) mass is 437 g/mol. The Hall–Kier alpha value is -3.12. The highest BCUT2D eigenvalue weighted by atomic mass is 32.1. The van der Waals surface area contributed by atoms with Gasteiger partial charge in [0.25, 0.3) is 0 Å². The van der Waals surface area contributed by atoms with E-state index >= 15 is 0 Å². The highest BCUT2D eigenvalue weighted by Gasteiger charge is 2.31. The van der Waals surface area contributed by atoms with Crippen LogP contribution in [-0.4, -0.2) is 24.0 Å². The van der Waals surface area contributed by atoms with Crippen LogP contribution in [0.15, 0.2) is 66.1 Å². The van der Waals surface area contributed by atoms with E-state index in [9.17, 15) is 9.18 Å². The van der Waals surface area contributed by atoms with Crippen LogP contribution < -0.4 is 9.47 Å². The SMILES string of the molecule is COc1cc(CN(C(=O)C=Cc2cccs2)C2CC2)ccc1OCc1ccc(F)cc1. The van der Waals surface area contributed by atoms with Gasteiger partial charge in [-0.3, -0.25) is 4.79 Å². The van der Waals surface area contributed by atoms with Gasteiger partial charge in [0.1, 0.15) is 12.4 Å². The maximum absolute atomic E-state index is 13.1. The number of rotatable bonds is 9. The van der Waals surface area contributed by atoms with Crippen LogP contribution in [-0.2, 0) is 17.9 Å². The van der Waals surface area contributed by atoms with Crippen molar-refractivity contribution in [3.05, 3.63) is 87.9 Å². The molecule has 1 amide bonds. The molecule has 4 rings (SSSR count). The lowest BCUT2D eigenvalue weighted by Crippen LogP contribution is -2.31. The number of carbonyl (C=O) groups is 1. The van der Waals surface area contributed by atoms with Gasteiger partial charge in [-0.2, -0.15) is 0 Å². The van der Waals surface area contributed by atoms with Crippen molar-refractivity contribution in [3.63, 3.8) is 0 Å². The first kappa shape index (κ1) is 21.1. The zero-order valence-electron chi connectivity index (χ0n) is 17.3. The topological polar surface area (TPSA) is 38.8 Å². The van der Waals surface area contributed by atoms with Gasteiger partial charge in [0.05, 0.1) is 7.11 Å². The van der Waals surface area contributed by atoms with Crippen LogP contribution in [0.1, 0.15) is 28.8 Å². The van der Waals surface area contributed by atoms with Crippen LogP contribution in [0.3, 0.4) is 0 Å². The molecule has 31 heavy (non-hydrogen) atoms. The molecule has 3 aromatic rings. The summed E-state index contributed by atoms with van der Waals surface area (Å²) in [5.41, 5.74) is 1.85. The molecule has 1 fully saturated rings. The van der Waals surface area contributed by atoms with Crippen molar-refractivity contribution >= 4 is 23.3 Å². The van der Waals surface area contributed by atoms with E-state index in [1.165, 1.54) is 12.1 Å². The summed E-state index contributed by atoms with van der Waals surface area (Å²) >= 11 is 1.61. The number of halogens is 1. The van der Waals surface area contributed by atoms with Crippen LogP contribution in [0.5, 0.6) is 11.5 Å². The fourth-order valence-electron chi connectivity index (χ4n) is 3.28. The first-order valence-electron chi connectivity index (χ1n) is 10.2. The van der Waals surface area contributed by atoms with E-state index in [2.05, 4.69) is 0 Å². The van der Waals surface area contributed by atoms with E-state index in [0.717, 1.165) is 28.8 Å². The lowest BCUT2D eigenvalue weighted by atomic mass is 10.1. The van der Waals surface area contributed by atoms with Crippen molar-refractivity contribution in [1.29, 1.82) is 0 Å². The van der Waals surface area contributed by atoms with E-state index < -0.39 is 0 Å². The van der Waals surface area contributed by atoms with Crippen LogP contribution >= 0.6 is 11.3 Å². The smallest absolute Gasteiger partial charge is 0.247 e. The van der Waals surface area contributed by atoms with Gasteiger partial charge in [-0.25, -0.2) is 4.39 Å². The summed E-state index contributed by atoms with van der Waals surface area (Å²) in [6.45, 7) is 0.836. The Kier molecular flexibility index (Phi) is 6.67. The van der Waals surface area contributed by atoms with Crippen molar-refractivity contribution in [1.82, 2.24) is 4.90 Å². The average Bonchev–Trinajstić information content (AvgIpc) is 3.50. The fraction of sp³-hybridized carbons (Fsp3) is 0.240. The Balaban J connectivity index is 1.43. The fourth-order valence-corrected chi connectivity index (χ4v) is 3.89. The number of thiophene rings is 1. The maximum Gasteiger partial charge on any atom is 0.247 e. The molecule has 0 N–H and O–H groups in total. The lowest BCUT2D eigenvalue weighted by Gasteiger charge is -2.22.